The van der Waals surface area contributed by atoms with Gasteiger partial charge in [-0.3, -0.25) is 0 Å². The van der Waals surface area contributed by atoms with Crippen LogP contribution in [0.25, 0.3) is 11.4 Å². The molecule has 0 aliphatic heterocycles. The fourth-order valence-electron chi connectivity index (χ4n) is 3.85. The van der Waals surface area contributed by atoms with E-state index in [0.717, 1.165) is 30.1 Å². The Balaban J connectivity index is 1.82. The summed E-state index contributed by atoms with van der Waals surface area (Å²) in [4.78, 5) is 0. The van der Waals surface area contributed by atoms with Crippen LogP contribution < -0.4 is 0 Å². The van der Waals surface area contributed by atoms with Crippen LogP contribution in [0.15, 0.2) is 48.5 Å². The second kappa shape index (κ2) is 5.59. The van der Waals surface area contributed by atoms with Gasteiger partial charge in [-0.1, -0.05) is 60.5 Å². The molecule has 1 fully saturated rings. The monoisotopic (exact) mass is 317 g/mol. The van der Waals surface area contributed by atoms with Crippen LogP contribution in [0.4, 0.5) is 0 Å². The van der Waals surface area contributed by atoms with Crippen LogP contribution in [0, 0.1) is 13.8 Å². The SMILES string of the molecule is Cc1ccc(C2(c3nnc(-c4ccccc4C)n3C)CCC2)cc1. The van der Waals surface area contributed by atoms with Crippen molar-refractivity contribution in [2.24, 2.45) is 7.05 Å². The van der Waals surface area contributed by atoms with E-state index in [-0.39, 0.29) is 5.41 Å². The maximum atomic E-state index is 4.64. The largest absolute Gasteiger partial charge is 0.313 e. The van der Waals surface area contributed by atoms with Gasteiger partial charge in [0.15, 0.2) is 5.82 Å². The molecule has 0 spiro atoms. The van der Waals surface area contributed by atoms with Crippen molar-refractivity contribution in [1.82, 2.24) is 14.8 Å². The third-order valence-corrected chi connectivity index (χ3v) is 5.50. The van der Waals surface area contributed by atoms with Gasteiger partial charge in [0.1, 0.15) is 5.82 Å². The van der Waals surface area contributed by atoms with Gasteiger partial charge in [-0.05, 0) is 37.8 Å². The van der Waals surface area contributed by atoms with E-state index < -0.39 is 0 Å². The number of aryl methyl sites for hydroxylation is 2. The van der Waals surface area contributed by atoms with E-state index in [2.05, 4.69) is 84.2 Å². The van der Waals surface area contributed by atoms with Crippen LogP contribution in [-0.4, -0.2) is 14.8 Å². The minimum Gasteiger partial charge on any atom is -0.313 e. The predicted octanol–water partition coefficient (Wildman–Crippen LogP) is 4.57. The van der Waals surface area contributed by atoms with E-state index in [9.17, 15) is 0 Å². The lowest BCUT2D eigenvalue weighted by molar-refractivity contribution is 0.278. The van der Waals surface area contributed by atoms with Gasteiger partial charge in [0.25, 0.3) is 0 Å². The Morgan fingerprint density at radius 1 is 0.917 bits per heavy atom. The Morgan fingerprint density at radius 2 is 1.62 bits per heavy atom. The van der Waals surface area contributed by atoms with Crippen LogP contribution >= 0.6 is 0 Å². The summed E-state index contributed by atoms with van der Waals surface area (Å²) in [6.45, 7) is 4.26. The van der Waals surface area contributed by atoms with Gasteiger partial charge in [-0.15, -0.1) is 10.2 Å². The summed E-state index contributed by atoms with van der Waals surface area (Å²) in [6, 6.07) is 17.3. The highest BCUT2D eigenvalue weighted by Crippen LogP contribution is 2.48. The summed E-state index contributed by atoms with van der Waals surface area (Å²) in [5, 5.41) is 9.19. The van der Waals surface area contributed by atoms with Crippen molar-refractivity contribution in [3.8, 4) is 11.4 Å². The zero-order chi connectivity index (χ0) is 16.7. The lowest BCUT2D eigenvalue weighted by Gasteiger charge is -2.41. The molecule has 0 saturated heterocycles. The highest BCUT2D eigenvalue weighted by atomic mass is 15.3. The van der Waals surface area contributed by atoms with Crippen LogP contribution in [0.3, 0.4) is 0 Å². The Hall–Kier alpha value is -2.42. The van der Waals surface area contributed by atoms with Crippen LogP contribution in [0.5, 0.6) is 0 Å². The molecule has 1 aliphatic rings. The number of aromatic nitrogens is 3. The first-order valence-electron chi connectivity index (χ1n) is 8.65. The van der Waals surface area contributed by atoms with Crippen molar-refractivity contribution < 1.29 is 0 Å². The minimum absolute atomic E-state index is 0.0242. The standard InChI is InChI=1S/C21H23N3/c1-15-9-11-17(12-10-15)21(13-6-14-21)20-23-22-19(24(20)3)18-8-5-4-7-16(18)2/h4-5,7-12H,6,13-14H2,1-3H3. The normalized spacial score (nSPS) is 16.0. The van der Waals surface area contributed by atoms with Gasteiger partial charge in [-0.2, -0.15) is 0 Å². The van der Waals surface area contributed by atoms with Gasteiger partial charge >= 0.3 is 0 Å². The molecule has 2 aromatic carbocycles. The maximum absolute atomic E-state index is 4.64. The summed E-state index contributed by atoms with van der Waals surface area (Å²) in [7, 11) is 2.10. The van der Waals surface area contributed by atoms with E-state index >= 15 is 0 Å². The average molecular weight is 317 g/mol. The molecule has 3 heteroatoms. The molecule has 122 valence electrons. The first-order valence-corrected chi connectivity index (χ1v) is 8.65. The molecule has 0 atom stereocenters. The zero-order valence-electron chi connectivity index (χ0n) is 14.6. The van der Waals surface area contributed by atoms with E-state index in [1.54, 1.807) is 0 Å². The number of nitrogens with zero attached hydrogens (tertiary/aromatic N) is 3. The molecule has 0 amide bonds. The molecule has 0 bridgehead atoms. The van der Waals surface area contributed by atoms with Gasteiger partial charge in [0.2, 0.25) is 0 Å². The Labute approximate surface area is 143 Å². The van der Waals surface area contributed by atoms with Gasteiger partial charge < -0.3 is 4.57 Å². The Bertz CT molecular complexity index is 870. The molecule has 4 rings (SSSR count). The fourth-order valence-corrected chi connectivity index (χ4v) is 3.85. The number of benzene rings is 2. The second-order valence-electron chi connectivity index (χ2n) is 7.02. The van der Waals surface area contributed by atoms with Crippen LogP contribution in [0.1, 0.15) is 41.8 Å². The van der Waals surface area contributed by atoms with Crippen molar-refractivity contribution in [2.45, 2.75) is 38.5 Å². The van der Waals surface area contributed by atoms with E-state index in [4.69, 9.17) is 0 Å². The maximum Gasteiger partial charge on any atom is 0.163 e. The second-order valence-corrected chi connectivity index (χ2v) is 7.02. The molecule has 1 aromatic heterocycles. The van der Waals surface area contributed by atoms with Gasteiger partial charge in [0.05, 0.1) is 5.41 Å². The smallest absolute Gasteiger partial charge is 0.163 e. The summed E-state index contributed by atoms with van der Waals surface area (Å²) in [5.41, 5.74) is 5.09. The third kappa shape index (κ3) is 2.19. The fraction of sp³-hybridized carbons (Fsp3) is 0.333. The zero-order valence-corrected chi connectivity index (χ0v) is 14.6. The molecule has 0 unspecified atom stereocenters. The number of rotatable bonds is 3. The average Bonchev–Trinajstić information content (AvgIpc) is 2.91. The Kier molecular flexibility index (Phi) is 3.52. The van der Waals surface area contributed by atoms with E-state index in [0.29, 0.717) is 0 Å². The lowest BCUT2D eigenvalue weighted by Crippen LogP contribution is -2.38. The third-order valence-electron chi connectivity index (χ3n) is 5.50. The molecule has 1 heterocycles. The molecule has 0 N–H and O–H groups in total. The Morgan fingerprint density at radius 3 is 2.25 bits per heavy atom. The van der Waals surface area contributed by atoms with Crippen molar-refractivity contribution in [3.63, 3.8) is 0 Å². The molecule has 24 heavy (non-hydrogen) atoms. The molecule has 1 saturated carbocycles. The molecular weight excluding hydrogens is 294 g/mol. The summed E-state index contributed by atoms with van der Waals surface area (Å²) in [5.74, 6) is 2.05. The predicted molar refractivity (Wildman–Crippen MR) is 97.0 cm³/mol. The van der Waals surface area contributed by atoms with E-state index in [1.807, 2.05) is 0 Å². The van der Waals surface area contributed by atoms with Gasteiger partial charge in [0, 0.05) is 12.6 Å². The topological polar surface area (TPSA) is 30.7 Å². The van der Waals surface area contributed by atoms with Crippen LogP contribution in [-0.2, 0) is 12.5 Å². The lowest BCUT2D eigenvalue weighted by atomic mass is 9.63. The highest BCUT2D eigenvalue weighted by Gasteiger charge is 2.44. The summed E-state index contributed by atoms with van der Waals surface area (Å²) >= 11 is 0. The first kappa shape index (κ1) is 15.1. The molecule has 3 aromatic rings. The molecule has 3 nitrogen and oxygen atoms in total. The van der Waals surface area contributed by atoms with Gasteiger partial charge in [-0.25, -0.2) is 0 Å². The summed E-state index contributed by atoms with van der Waals surface area (Å²) < 4.78 is 2.20. The molecular formula is C21H23N3. The number of hydrogen-bond donors (Lipinski definition) is 0. The summed E-state index contributed by atoms with van der Waals surface area (Å²) in [6.07, 6.45) is 3.55. The quantitative estimate of drug-likeness (QED) is 0.708. The molecule has 1 aliphatic carbocycles. The highest BCUT2D eigenvalue weighted by molar-refractivity contribution is 5.60. The first-order chi connectivity index (χ1) is 11.6. The van der Waals surface area contributed by atoms with Crippen molar-refractivity contribution >= 4 is 0 Å². The minimum atomic E-state index is 0.0242. The number of hydrogen-bond acceptors (Lipinski definition) is 2. The van der Waals surface area contributed by atoms with Crippen LogP contribution in [0.2, 0.25) is 0 Å². The van der Waals surface area contributed by atoms with Crippen molar-refractivity contribution in [3.05, 3.63) is 71.0 Å². The molecule has 0 radical (unpaired) electrons. The van der Waals surface area contributed by atoms with Crippen molar-refractivity contribution in [2.75, 3.05) is 0 Å². The van der Waals surface area contributed by atoms with E-state index in [1.165, 1.54) is 23.1 Å². The van der Waals surface area contributed by atoms with Crippen molar-refractivity contribution in [1.29, 1.82) is 0 Å².